The van der Waals surface area contributed by atoms with Gasteiger partial charge in [-0.3, -0.25) is 0 Å². The lowest BCUT2D eigenvalue weighted by atomic mass is 9.87. The topological polar surface area (TPSA) is 34.2 Å². The fraction of sp³-hybridized carbons (Fsp3) is 0.357. The molecule has 0 aromatic heterocycles. The summed E-state index contributed by atoms with van der Waals surface area (Å²) in [5, 5.41) is 0. The monoisotopic (exact) mass is 446 g/mol. The summed E-state index contributed by atoms with van der Waals surface area (Å²) in [7, 11) is 4.93. The van der Waals surface area contributed by atoms with Crippen molar-refractivity contribution in [3.63, 3.8) is 0 Å². The van der Waals surface area contributed by atoms with Crippen LogP contribution in [0.25, 0.3) is 0 Å². The van der Waals surface area contributed by atoms with Crippen molar-refractivity contribution in [1.29, 1.82) is 0 Å². The van der Waals surface area contributed by atoms with E-state index in [1.54, 1.807) is 21.3 Å². The molecule has 1 aliphatic heterocycles. The Morgan fingerprint density at radius 2 is 1.21 bits per heavy atom. The fourth-order valence-electron chi connectivity index (χ4n) is 4.41. The van der Waals surface area contributed by atoms with Crippen LogP contribution in [0.4, 0.5) is 11.4 Å². The predicted molar refractivity (Wildman–Crippen MR) is 135 cm³/mol. The van der Waals surface area contributed by atoms with Gasteiger partial charge >= 0.3 is 0 Å². The maximum atomic E-state index is 5.55. The van der Waals surface area contributed by atoms with E-state index < -0.39 is 0 Å². The van der Waals surface area contributed by atoms with Crippen molar-refractivity contribution in [1.82, 2.24) is 0 Å². The molecule has 0 aliphatic carbocycles. The molecule has 3 aromatic rings. The van der Waals surface area contributed by atoms with Crippen LogP contribution in [0.5, 0.6) is 17.2 Å². The van der Waals surface area contributed by atoms with Crippen LogP contribution < -0.4 is 24.0 Å². The Kier molecular flexibility index (Phi) is 6.41. The quantitative estimate of drug-likeness (QED) is 0.445. The van der Waals surface area contributed by atoms with E-state index in [0.29, 0.717) is 17.2 Å². The standard InChI is InChI=1S/C28H34N2O3/c1-28(2,3)22-13-11-20(12-14-22)17-29-19-30(24-10-8-7-9-23(24)29)18-21-15-25(31-4)27(33-6)26(16-21)32-5/h7-16H,17-19H2,1-6H3. The number of rotatable bonds is 7. The molecular formula is C28H34N2O3. The zero-order valence-electron chi connectivity index (χ0n) is 20.5. The third-order valence-corrected chi connectivity index (χ3v) is 6.20. The van der Waals surface area contributed by atoms with Gasteiger partial charge in [0.1, 0.15) is 0 Å². The first-order chi connectivity index (χ1) is 15.8. The Morgan fingerprint density at radius 3 is 1.67 bits per heavy atom. The van der Waals surface area contributed by atoms with E-state index in [0.717, 1.165) is 25.3 Å². The van der Waals surface area contributed by atoms with Gasteiger partial charge in [-0.1, -0.05) is 57.2 Å². The molecule has 0 fully saturated rings. The molecule has 5 nitrogen and oxygen atoms in total. The molecule has 0 saturated carbocycles. The van der Waals surface area contributed by atoms with Crippen molar-refractivity contribution in [2.75, 3.05) is 37.8 Å². The number of anilines is 2. The highest BCUT2D eigenvalue weighted by atomic mass is 16.5. The summed E-state index contributed by atoms with van der Waals surface area (Å²) in [6, 6.07) is 21.7. The summed E-state index contributed by atoms with van der Waals surface area (Å²) >= 11 is 0. The van der Waals surface area contributed by atoms with E-state index in [4.69, 9.17) is 14.2 Å². The van der Waals surface area contributed by atoms with Gasteiger partial charge in [-0.15, -0.1) is 0 Å². The largest absolute Gasteiger partial charge is 0.493 e. The van der Waals surface area contributed by atoms with Crippen molar-refractivity contribution < 1.29 is 14.2 Å². The molecule has 0 atom stereocenters. The Bertz CT molecular complexity index is 1080. The van der Waals surface area contributed by atoms with Crippen LogP contribution in [0.15, 0.2) is 60.7 Å². The number of hydrogen-bond donors (Lipinski definition) is 0. The zero-order chi connectivity index (χ0) is 23.6. The molecule has 174 valence electrons. The molecule has 0 spiro atoms. The first-order valence-electron chi connectivity index (χ1n) is 11.3. The lowest BCUT2D eigenvalue weighted by Gasteiger charge is -2.23. The average molecular weight is 447 g/mol. The van der Waals surface area contributed by atoms with Gasteiger partial charge in [-0.2, -0.15) is 0 Å². The third-order valence-electron chi connectivity index (χ3n) is 6.20. The second-order valence-electron chi connectivity index (χ2n) is 9.51. The Morgan fingerprint density at radius 1 is 0.697 bits per heavy atom. The van der Waals surface area contributed by atoms with Gasteiger partial charge in [0.2, 0.25) is 5.75 Å². The van der Waals surface area contributed by atoms with E-state index in [2.05, 4.69) is 79.1 Å². The smallest absolute Gasteiger partial charge is 0.203 e. The molecule has 1 heterocycles. The van der Waals surface area contributed by atoms with E-state index in [1.165, 1.54) is 22.5 Å². The normalized spacial score (nSPS) is 13.2. The molecule has 4 rings (SSSR count). The highest BCUT2D eigenvalue weighted by Gasteiger charge is 2.26. The van der Waals surface area contributed by atoms with Gasteiger partial charge in [0.25, 0.3) is 0 Å². The molecule has 0 amide bonds. The van der Waals surface area contributed by atoms with Crippen LogP contribution in [0.3, 0.4) is 0 Å². The average Bonchev–Trinajstić information content (AvgIpc) is 3.15. The minimum Gasteiger partial charge on any atom is -0.493 e. The molecule has 1 aliphatic rings. The van der Waals surface area contributed by atoms with Gasteiger partial charge in [-0.05, 0) is 46.4 Å². The summed E-state index contributed by atoms with van der Waals surface area (Å²) in [6.45, 7) is 9.18. The lowest BCUT2D eigenvalue weighted by Crippen LogP contribution is -2.30. The number of para-hydroxylation sites is 2. The van der Waals surface area contributed by atoms with Gasteiger partial charge < -0.3 is 24.0 Å². The number of hydrogen-bond acceptors (Lipinski definition) is 5. The molecule has 3 aromatic carbocycles. The first kappa shape index (κ1) is 22.8. The van der Waals surface area contributed by atoms with Crippen molar-refractivity contribution in [3.8, 4) is 17.2 Å². The van der Waals surface area contributed by atoms with Crippen molar-refractivity contribution in [3.05, 3.63) is 77.4 Å². The van der Waals surface area contributed by atoms with Gasteiger partial charge in [0.15, 0.2) is 11.5 Å². The summed E-state index contributed by atoms with van der Waals surface area (Å²) in [4.78, 5) is 4.82. The van der Waals surface area contributed by atoms with Crippen molar-refractivity contribution in [2.45, 2.75) is 39.3 Å². The van der Waals surface area contributed by atoms with Gasteiger partial charge in [-0.25, -0.2) is 0 Å². The predicted octanol–water partition coefficient (Wildman–Crippen LogP) is 5.99. The molecule has 5 heteroatoms. The van der Waals surface area contributed by atoms with Gasteiger partial charge in [0, 0.05) is 13.1 Å². The summed E-state index contributed by atoms with van der Waals surface area (Å²) < 4.78 is 16.6. The molecule has 0 radical (unpaired) electrons. The third kappa shape index (κ3) is 4.72. The second-order valence-corrected chi connectivity index (χ2v) is 9.51. The Hall–Kier alpha value is -3.34. The fourth-order valence-corrected chi connectivity index (χ4v) is 4.41. The minimum atomic E-state index is 0.163. The van der Waals surface area contributed by atoms with E-state index in [-0.39, 0.29) is 5.41 Å². The van der Waals surface area contributed by atoms with Crippen LogP contribution in [-0.2, 0) is 18.5 Å². The van der Waals surface area contributed by atoms with Crippen LogP contribution >= 0.6 is 0 Å². The lowest BCUT2D eigenvalue weighted by molar-refractivity contribution is 0.324. The molecule has 0 N–H and O–H groups in total. The molecule has 0 unspecified atom stereocenters. The van der Waals surface area contributed by atoms with Crippen molar-refractivity contribution in [2.24, 2.45) is 0 Å². The Balaban J connectivity index is 1.57. The summed E-state index contributed by atoms with van der Waals surface area (Å²) in [5.41, 5.74) is 6.43. The highest BCUT2D eigenvalue weighted by Crippen LogP contribution is 2.41. The summed E-state index contributed by atoms with van der Waals surface area (Å²) in [5.74, 6) is 1.97. The van der Waals surface area contributed by atoms with Crippen LogP contribution in [0.2, 0.25) is 0 Å². The minimum absolute atomic E-state index is 0.163. The number of fused-ring (bicyclic) bond motifs is 1. The van der Waals surface area contributed by atoms with Crippen LogP contribution in [-0.4, -0.2) is 28.0 Å². The SMILES string of the molecule is COc1cc(CN2CN(Cc3ccc(C(C)(C)C)cc3)c3ccccc32)cc(OC)c1OC. The van der Waals surface area contributed by atoms with Gasteiger partial charge in [0.05, 0.1) is 39.4 Å². The Labute approximate surface area is 197 Å². The maximum absolute atomic E-state index is 5.55. The second kappa shape index (κ2) is 9.26. The van der Waals surface area contributed by atoms with Crippen molar-refractivity contribution >= 4 is 11.4 Å². The number of benzene rings is 3. The van der Waals surface area contributed by atoms with E-state index >= 15 is 0 Å². The maximum Gasteiger partial charge on any atom is 0.203 e. The highest BCUT2D eigenvalue weighted by molar-refractivity contribution is 5.76. The number of ether oxygens (including phenoxy) is 3. The first-order valence-corrected chi connectivity index (χ1v) is 11.3. The van der Waals surface area contributed by atoms with E-state index in [9.17, 15) is 0 Å². The molecule has 0 saturated heterocycles. The zero-order valence-corrected chi connectivity index (χ0v) is 20.5. The molecule has 33 heavy (non-hydrogen) atoms. The number of methoxy groups -OCH3 is 3. The molecule has 0 bridgehead atoms. The summed E-state index contributed by atoms with van der Waals surface area (Å²) in [6.07, 6.45) is 0. The van der Waals surface area contributed by atoms with Crippen LogP contribution in [0, 0.1) is 0 Å². The number of nitrogens with zero attached hydrogens (tertiary/aromatic N) is 2. The van der Waals surface area contributed by atoms with E-state index in [1.807, 2.05) is 12.1 Å². The molecular weight excluding hydrogens is 412 g/mol. The van der Waals surface area contributed by atoms with Crippen LogP contribution in [0.1, 0.15) is 37.5 Å².